The van der Waals surface area contributed by atoms with Gasteiger partial charge in [-0.3, -0.25) is 0 Å². The van der Waals surface area contributed by atoms with Gasteiger partial charge in [0, 0.05) is 5.69 Å². The van der Waals surface area contributed by atoms with Crippen molar-refractivity contribution in [1.29, 1.82) is 10.7 Å². The molecule has 0 saturated heterocycles. The summed E-state index contributed by atoms with van der Waals surface area (Å²) in [5, 5.41) is 28.7. The first kappa shape index (κ1) is 10.6. The fourth-order valence-electron chi connectivity index (χ4n) is 0.955. The first-order valence-corrected chi connectivity index (χ1v) is 4.19. The van der Waals surface area contributed by atoms with Crippen LogP contribution in [0.2, 0.25) is 0 Å². The molecule has 0 amide bonds. The zero-order chi connectivity index (χ0) is 11.3. The molecule has 0 saturated carbocycles. The summed E-state index contributed by atoms with van der Waals surface area (Å²) in [6, 6.07) is 8.69. The third-order valence-corrected chi connectivity index (χ3v) is 1.74. The van der Waals surface area contributed by atoms with E-state index in [9.17, 15) is 5.11 Å². The Bertz CT molecular complexity index is 446. The van der Waals surface area contributed by atoms with Gasteiger partial charge in [-0.25, -0.2) is 0 Å². The van der Waals surface area contributed by atoms with E-state index < -0.39 is 11.6 Å². The zero-order valence-corrected chi connectivity index (χ0v) is 8.10. The molecule has 0 radical (unpaired) electrons. The van der Waals surface area contributed by atoms with E-state index in [-0.39, 0.29) is 0 Å². The molecule has 0 heterocycles. The highest BCUT2D eigenvalue weighted by Crippen LogP contribution is 2.12. The van der Waals surface area contributed by atoms with Crippen LogP contribution in [0.3, 0.4) is 0 Å². The number of hydrogen-bond donors (Lipinski definition) is 2. The summed E-state index contributed by atoms with van der Waals surface area (Å²) in [6.45, 7) is 1.93. The number of benzene rings is 1. The van der Waals surface area contributed by atoms with Crippen LogP contribution >= 0.6 is 0 Å². The Labute approximate surface area is 86.9 Å². The van der Waals surface area contributed by atoms with Crippen LogP contribution in [-0.2, 0) is 0 Å². The van der Waals surface area contributed by atoms with Crippen molar-refractivity contribution in [1.82, 2.24) is 0 Å². The smallest absolute Gasteiger partial charge is 0.488 e. The van der Waals surface area contributed by atoms with Gasteiger partial charge in [-0.15, -0.1) is 0 Å². The standard InChI is InChI=1S/C10H8N4O/c1-7-2-4-8(5-3-7)13-10(15)9(6-11)14-12/h2-5,13H,1H3/p+1/b10-9+. The van der Waals surface area contributed by atoms with Gasteiger partial charge in [0.25, 0.3) is 5.88 Å². The molecule has 5 heteroatoms. The first-order chi connectivity index (χ1) is 7.17. The molecule has 1 rings (SSSR count). The minimum atomic E-state index is -0.483. The number of rotatable bonds is 2. The van der Waals surface area contributed by atoms with Crippen molar-refractivity contribution in [2.24, 2.45) is 0 Å². The maximum Gasteiger partial charge on any atom is 0.520 e. The number of nitriles is 1. The van der Waals surface area contributed by atoms with E-state index in [0.29, 0.717) is 5.69 Å². The molecule has 2 N–H and O–H groups in total. The Hall–Kier alpha value is -2.53. The average molecular weight is 201 g/mol. The fraction of sp³-hybridized carbons (Fsp3) is 0.100. The Morgan fingerprint density at radius 3 is 2.47 bits per heavy atom. The molecule has 15 heavy (non-hydrogen) atoms. The van der Waals surface area contributed by atoms with Crippen LogP contribution < -0.4 is 5.32 Å². The Morgan fingerprint density at radius 2 is 2.00 bits per heavy atom. The molecule has 1 aromatic rings. The molecule has 0 aromatic heterocycles. The summed E-state index contributed by atoms with van der Waals surface area (Å²) in [4.78, 5) is 2.63. The summed E-state index contributed by atoms with van der Waals surface area (Å²) in [7, 11) is 0. The van der Waals surface area contributed by atoms with Gasteiger partial charge >= 0.3 is 5.70 Å². The Morgan fingerprint density at radius 1 is 1.40 bits per heavy atom. The van der Waals surface area contributed by atoms with Crippen molar-refractivity contribution < 1.29 is 5.11 Å². The quantitative estimate of drug-likeness (QED) is 0.437. The number of anilines is 1. The molecule has 0 unspecified atom stereocenters. The predicted molar refractivity (Wildman–Crippen MR) is 55.2 cm³/mol. The van der Waals surface area contributed by atoms with Gasteiger partial charge in [-0.05, 0) is 19.1 Å². The van der Waals surface area contributed by atoms with Gasteiger partial charge in [0.05, 0.1) is 0 Å². The first-order valence-electron chi connectivity index (χ1n) is 4.19. The molecule has 0 aliphatic carbocycles. The minimum Gasteiger partial charge on any atom is -0.488 e. The van der Waals surface area contributed by atoms with Crippen molar-refractivity contribution >= 4 is 5.69 Å². The summed E-state index contributed by atoms with van der Waals surface area (Å²) in [5.41, 5.74) is 1.22. The monoisotopic (exact) mass is 201 g/mol. The van der Waals surface area contributed by atoms with E-state index in [4.69, 9.17) is 10.7 Å². The number of hydrogen-bond acceptors (Lipinski definition) is 4. The van der Waals surface area contributed by atoms with E-state index in [1.165, 1.54) is 6.07 Å². The van der Waals surface area contributed by atoms with Crippen LogP contribution in [0.15, 0.2) is 35.8 Å². The molecule has 1 aromatic carbocycles. The molecular weight excluding hydrogens is 192 g/mol. The van der Waals surface area contributed by atoms with Crippen molar-refractivity contribution in [3.63, 3.8) is 0 Å². The topological polar surface area (TPSA) is 84.2 Å². The highest BCUT2D eigenvalue weighted by molar-refractivity contribution is 5.50. The third kappa shape index (κ3) is 2.71. The molecule has 5 nitrogen and oxygen atoms in total. The number of nitrogens with one attached hydrogen (secondary N) is 1. The van der Waals surface area contributed by atoms with Crippen LogP contribution in [-0.4, -0.2) is 5.11 Å². The van der Waals surface area contributed by atoms with Gasteiger partial charge < -0.3 is 10.4 Å². The number of aliphatic hydroxyl groups is 1. The summed E-state index contributed by atoms with van der Waals surface area (Å²) < 4.78 is 0. The van der Waals surface area contributed by atoms with Crippen molar-refractivity contribution in [2.75, 3.05) is 5.32 Å². The van der Waals surface area contributed by atoms with E-state index in [2.05, 4.69) is 10.3 Å². The SMILES string of the molecule is Cc1ccc(N/C(O)=C(/C#N)[N+]#N)cc1. The lowest BCUT2D eigenvalue weighted by Gasteiger charge is -2.01. The van der Waals surface area contributed by atoms with Crippen LogP contribution in [0.5, 0.6) is 0 Å². The molecule has 0 bridgehead atoms. The van der Waals surface area contributed by atoms with E-state index >= 15 is 0 Å². The second kappa shape index (κ2) is 4.64. The average Bonchev–Trinajstić information content (AvgIpc) is 2.23. The summed E-state index contributed by atoms with van der Waals surface area (Å²) in [5.74, 6) is -0.483. The van der Waals surface area contributed by atoms with Crippen molar-refractivity contribution in [3.05, 3.63) is 46.4 Å². The number of aliphatic hydroxyl groups excluding tert-OH is 1. The molecule has 0 fully saturated rings. The molecule has 0 aliphatic heterocycles. The summed E-state index contributed by atoms with van der Waals surface area (Å²) in [6.07, 6.45) is 0. The van der Waals surface area contributed by atoms with E-state index in [1.54, 1.807) is 12.1 Å². The second-order valence-electron chi connectivity index (χ2n) is 2.90. The maximum absolute atomic E-state index is 9.32. The van der Waals surface area contributed by atoms with Gasteiger partial charge in [0.2, 0.25) is 11.5 Å². The van der Waals surface area contributed by atoms with E-state index in [1.807, 2.05) is 19.1 Å². The van der Waals surface area contributed by atoms with Crippen LogP contribution in [0.4, 0.5) is 5.69 Å². The molecular formula is C10H9N4O+. The van der Waals surface area contributed by atoms with Crippen LogP contribution in [0, 0.1) is 23.6 Å². The Balaban J connectivity index is 2.89. The molecule has 0 aliphatic rings. The number of allylic oxidation sites excluding steroid dienone is 1. The van der Waals surface area contributed by atoms with Gasteiger partial charge in [0.1, 0.15) is 0 Å². The lowest BCUT2D eigenvalue weighted by atomic mass is 10.2. The number of aryl methyl sites for hydroxylation is 1. The fourth-order valence-corrected chi connectivity index (χ4v) is 0.955. The van der Waals surface area contributed by atoms with Crippen LogP contribution in [0.25, 0.3) is 4.98 Å². The molecule has 0 atom stereocenters. The highest BCUT2D eigenvalue weighted by atomic mass is 16.3. The molecule has 0 spiro atoms. The van der Waals surface area contributed by atoms with Crippen molar-refractivity contribution in [2.45, 2.75) is 6.92 Å². The largest absolute Gasteiger partial charge is 0.520 e. The summed E-state index contributed by atoms with van der Waals surface area (Å²) >= 11 is 0. The maximum atomic E-state index is 9.32. The van der Waals surface area contributed by atoms with Crippen LogP contribution in [0.1, 0.15) is 5.56 Å². The zero-order valence-electron chi connectivity index (χ0n) is 8.10. The minimum absolute atomic E-state index is 0.462. The lowest BCUT2D eigenvalue weighted by Crippen LogP contribution is -2.00. The Kier molecular flexibility index (Phi) is 3.26. The normalized spacial score (nSPS) is 10.9. The molecule has 74 valence electrons. The number of diazo groups is 1. The highest BCUT2D eigenvalue weighted by Gasteiger charge is 2.17. The predicted octanol–water partition coefficient (Wildman–Crippen LogP) is 2.51. The van der Waals surface area contributed by atoms with Crippen molar-refractivity contribution in [3.8, 4) is 6.07 Å². The lowest BCUT2D eigenvalue weighted by molar-refractivity contribution is 0.416. The second-order valence-corrected chi connectivity index (χ2v) is 2.90. The van der Waals surface area contributed by atoms with E-state index in [0.717, 1.165) is 5.56 Å². The van der Waals surface area contributed by atoms with Gasteiger partial charge in [0.15, 0.2) is 4.98 Å². The number of nitrogens with zero attached hydrogens (tertiary/aromatic N) is 3. The van der Waals surface area contributed by atoms with Gasteiger partial charge in [-0.1, -0.05) is 17.7 Å². The third-order valence-electron chi connectivity index (χ3n) is 1.74. The van der Waals surface area contributed by atoms with Gasteiger partial charge in [-0.2, -0.15) is 5.26 Å².